The van der Waals surface area contributed by atoms with Crippen molar-refractivity contribution < 1.29 is 10.4 Å². The van der Waals surface area contributed by atoms with Crippen LogP contribution in [0.2, 0.25) is 0 Å². The van der Waals surface area contributed by atoms with Gasteiger partial charge in [-0.15, -0.1) is 0 Å². The summed E-state index contributed by atoms with van der Waals surface area (Å²) in [6, 6.07) is 15.5. The van der Waals surface area contributed by atoms with Gasteiger partial charge in [-0.25, -0.2) is 5.21 Å². The van der Waals surface area contributed by atoms with Crippen molar-refractivity contribution in [2.75, 3.05) is 5.23 Å². The van der Waals surface area contributed by atoms with Crippen molar-refractivity contribution in [3.05, 3.63) is 54.1 Å². The average Bonchev–Trinajstić information content (AvgIpc) is 2.33. The third-order valence-corrected chi connectivity index (χ3v) is 3.55. The Kier molecular flexibility index (Phi) is 3.68. The van der Waals surface area contributed by atoms with Gasteiger partial charge in [0.15, 0.2) is 0 Å². The number of anilines is 1. The molecule has 0 atom stereocenters. The van der Waals surface area contributed by atoms with Crippen LogP contribution in [0.4, 0.5) is 5.69 Å². The zero-order chi connectivity index (χ0) is 12.3. The summed E-state index contributed by atoms with van der Waals surface area (Å²) < 4.78 is 0. The van der Waals surface area contributed by atoms with Gasteiger partial charge >= 0.3 is 0 Å². The molecule has 3 N–H and O–H groups in total. The molecule has 88 valence electrons. The Labute approximate surface area is 104 Å². The van der Waals surface area contributed by atoms with E-state index in [-0.39, 0.29) is 0 Å². The van der Waals surface area contributed by atoms with E-state index in [1.807, 2.05) is 43.3 Å². The third kappa shape index (κ3) is 3.00. The van der Waals surface area contributed by atoms with Crippen LogP contribution < -0.4 is 5.23 Å². The summed E-state index contributed by atoms with van der Waals surface area (Å²) in [7, 11) is 0. The molecule has 2 aromatic carbocycles. The van der Waals surface area contributed by atoms with Gasteiger partial charge in [0.05, 0.1) is 0 Å². The second kappa shape index (κ2) is 5.23. The van der Waals surface area contributed by atoms with Gasteiger partial charge in [0.2, 0.25) is 0 Å². The molecule has 0 bridgehead atoms. The minimum atomic E-state index is 0.383. The van der Waals surface area contributed by atoms with Gasteiger partial charge in [0.25, 0.3) is 0 Å². The fourth-order valence-electron chi connectivity index (χ4n) is 1.45. The normalized spacial score (nSPS) is 10.3. The van der Waals surface area contributed by atoms with Crippen LogP contribution in [0.1, 0.15) is 5.56 Å². The SMILES string of the molecule is Cc1ccc(N(O)[OH2+])cc1Sc1ccccc1. The monoisotopic (exact) mass is 248 g/mol. The van der Waals surface area contributed by atoms with E-state index in [1.165, 1.54) is 0 Å². The Bertz CT molecular complexity index is 500. The topological polar surface area (TPSA) is 46.4 Å². The van der Waals surface area contributed by atoms with Crippen molar-refractivity contribution >= 4 is 17.4 Å². The first kappa shape index (κ1) is 12.0. The zero-order valence-corrected chi connectivity index (χ0v) is 10.2. The van der Waals surface area contributed by atoms with Crippen LogP contribution in [0.25, 0.3) is 0 Å². The molecular weight excluding hydrogens is 234 g/mol. The molecule has 0 aromatic heterocycles. The first-order valence-electron chi connectivity index (χ1n) is 5.20. The summed E-state index contributed by atoms with van der Waals surface area (Å²) in [4.78, 5) is 2.18. The molecule has 0 unspecified atom stereocenters. The van der Waals surface area contributed by atoms with Crippen LogP contribution in [0.15, 0.2) is 58.3 Å². The molecule has 17 heavy (non-hydrogen) atoms. The van der Waals surface area contributed by atoms with Crippen LogP contribution in [-0.4, -0.2) is 10.4 Å². The van der Waals surface area contributed by atoms with Crippen molar-refractivity contribution in [3.63, 3.8) is 0 Å². The summed E-state index contributed by atoms with van der Waals surface area (Å²) in [5.41, 5.74) is 1.60. The molecule has 0 aliphatic rings. The maximum absolute atomic E-state index is 9.10. The summed E-state index contributed by atoms with van der Waals surface area (Å²) in [5, 5.41) is 16.6. The number of rotatable bonds is 3. The predicted molar refractivity (Wildman–Crippen MR) is 69.6 cm³/mol. The molecule has 2 aromatic rings. The molecule has 0 aliphatic heterocycles. The quantitative estimate of drug-likeness (QED) is 0.671. The van der Waals surface area contributed by atoms with Crippen LogP contribution in [0, 0.1) is 6.92 Å². The lowest BCUT2D eigenvalue weighted by atomic mass is 10.2. The van der Waals surface area contributed by atoms with E-state index in [9.17, 15) is 0 Å². The number of hydrogen-bond acceptors (Lipinski definition) is 3. The van der Waals surface area contributed by atoms with Crippen LogP contribution >= 0.6 is 11.8 Å². The first-order chi connectivity index (χ1) is 8.16. The molecule has 0 spiro atoms. The van der Waals surface area contributed by atoms with Crippen LogP contribution in [-0.2, 0) is 0 Å². The Hall–Kier alpha value is -1.49. The van der Waals surface area contributed by atoms with Crippen LogP contribution in [0.5, 0.6) is 0 Å². The number of aryl methyl sites for hydroxylation is 1. The van der Waals surface area contributed by atoms with Gasteiger partial charge in [-0.2, -0.15) is 0 Å². The van der Waals surface area contributed by atoms with Crippen LogP contribution in [0.3, 0.4) is 0 Å². The Morgan fingerprint density at radius 3 is 2.47 bits per heavy atom. The van der Waals surface area contributed by atoms with Gasteiger partial charge in [-0.1, -0.05) is 36.0 Å². The molecule has 0 heterocycles. The van der Waals surface area contributed by atoms with Crippen molar-refractivity contribution in [1.29, 1.82) is 0 Å². The summed E-state index contributed by atoms with van der Waals surface area (Å²) >= 11 is 1.62. The number of nitrogens with zero attached hydrogens (tertiary/aromatic N) is 1. The third-order valence-electron chi connectivity index (χ3n) is 2.39. The van der Waals surface area contributed by atoms with Gasteiger partial charge in [-0.05, 0) is 42.0 Å². The second-order valence-corrected chi connectivity index (χ2v) is 4.79. The van der Waals surface area contributed by atoms with Gasteiger partial charge < -0.3 is 0 Å². The van der Waals surface area contributed by atoms with E-state index >= 15 is 0 Å². The van der Waals surface area contributed by atoms with Crippen molar-refractivity contribution in [3.8, 4) is 0 Å². The highest BCUT2D eigenvalue weighted by molar-refractivity contribution is 7.99. The van der Waals surface area contributed by atoms with Crippen molar-refractivity contribution in [2.24, 2.45) is 0 Å². The molecule has 3 nitrogen and oxygen atoms in total. The fraction of sp³-hybridized carbons (Fsp3) is 0.0769. The van der Waals surface area contributed by atoms with E-state index in [0.29, 0.717) is 10.9 Å². The summed E-state index contributed by atoms with van der Waals surface area (Å²) in [5.74, 6) is 0. The largest absolute Gasteiger partial charge is 0.288 e. The minimum absolute atomic E-state index is 0.383. The fourth-order valence-corrected chi connectivity index (χ4v) is 2.40. The minimum Gasteiger partial charge on any atom is -0.288 e. The maximum atomic E-state index is 9.10. The molecule has 4 heteroatoms. The first-order valence-corrected chi connectivity index (χ1v) is 6.02. The highest BCUT2D eigenvalue weighted by Gasteiger charge is 2.07. The Balaban J connectivity index is 2.29. The molecule has 2 rings (SSSR count). The molecule has 0 saturated heterocycles. The number of hydrogen-bond donors (Lipinski definition) is 1. The van der Waals surface area contributed by atoms with E-state index < -0.39 is 0 Å². The van der Waals surface area contributed by atoms with Gasteiger partial charge in [-0.3, -0.25) is 5.21 Å². The zero-order valence-electron chi connectivity index (χ0n) is 9.42. The maximum Gasteiger partial charge on any atom is 0.143 e. The molecule has 0 aliphatic carbocycles. The standard InChI is InChI=1S/C13H13NO2S/c1-10-7-8-11(14(15)16)9-13(10)17-12-5-3-2-4-6-12/h2-9,15-16H,1H3/p+1. The average molecular weight is 248 g/mol. The lowest BCUT2D eigenvalue weighted by molar-refractivity contribution is 0.0290. The summed E-state index contributed by atoms with van der Waals surface area (Å²) in [6.45, 7) is 2.01. The Morgan fingerprint density at radius 2 is 1.82 bits per heavy atom. The second-order valence-electron chi connectivity index (χ2n) is 3.68. The van der Waals surface area contributed by atoms with Crippen molar-refractivity contribution in [2.45, 2.75) is 16.7 Å². The molecule has 0 radical (unpaired) electrons. The highest BCUT2D eigenvalue weighted by atomic mass is 32.2. The molecule has 0 fully saturated rings. The van der Waals surface area contributed by atoms with E-state index in [0.717, 1.165) is 15.4 Å². The lowest BCUT2D eigenvalue weighted by Crippen LogP contribution is -2.10. The highest BCUT2D eigenvalue weighted by Crippen LogP contribution is 2.32. The van der Waals surface area contributed by atoms with E-state index in [2.05, 4.69) is 0 Å². The number of benzene rings is 2. The predicted octanol–water partition coefficient (Wildman–Crippen LogP) is 2.98. The van der Waals surface area contributed by atoms with E-state index in [4.69, 9.17) is 10.4 Å². The molecule has 0 amide bonds. The van der Waals surface area contributed by atoms with Gasteiger partial charge in [0, 0.05) is 9.79 Å². The smallest absolute Gasteiger partial charge is 0.143 e. The van der Waals surface area contributed by atoms with E-state index in [1.54, 1.807) is 23.9 Å². The van der Waals surface area contributed by atoms with Gasteiger partial charge in [0.1, 0.15) is 5.69 Å². The summed E-state index contributed by atoms with van der Waals surface area (Å²) in [6.07, 6.45) is 0. The Morgan fingerprint density at radius 1 is 1.12 bits per heavy atom. The molecule has 0 saturated carbocycles. The molecular formula is C13H14NO2S+. The van der Waals surface area contributed by atoms with Crippen molar-refractivity contribution in [1.82, 2.24) is 0 Å². The lowest BCUT2D eigenvalue weighted by Gasteiger charge is -2.09.